The van der Waals surface area contributed by atoms with Gasteiger partial charge in [-0.1, -0.05) is 62.8 Å². The van der Waals surface area contributed by atoms with Crippen LogP contribution in [-0.4, -0.2) is 0 Å². The normalized spacial score (nSPS) is 11.3. The van der Waals surface area contributed by atoms with Crippen LogP contribution in [-0.2, 0) is 0 Å². The standard InChI is InChI=1S/C23H27N/c1-5-6-7-19(3)20(4)24-23-16-14-22(15-17-23)13-12-21-10-8-18(2)9-11-21/h8-11,14-17,19,24H,4-7H2,1-3H3. The fourth-order valence-electron chi connectivity index (χ4n) is 2.41. The summed E-state index contributed by atoms with van der Waals surface area (Å²) in [5.74, 6) is 6.90. The summed E-state index contributed by atoms with van der Waals surface area (Å²) in [6.45, 7) is 10.7. The average molecular weight is 317 g/mol. The number of unbranched alkanes of at least 4 members (excludes halogenated alkanes) is 1. The lowest BCUT2D eigenvalue weighted by molar-refractivity contribution is 0.576. The van der Waals surface area contributed by atoms with Gasteiger partial charge in [-0.2, -0.15) is 0 Å². The second-order valence-electron chi connectivity index (χ2n) is 6.39. The molecule has 1 atom stereocenters. The second kappa shape index (κ2) is 8.99. The lowest BCUT2D eigenvalue weighted by Crippen LogP contribution is -2.07. The molecule has 0 amide bonds. The third-order valence-corrected chi connectivity index (χ3v) is 4.18. The van der Waals surface area contributed by atoms with Gasteiger partial charge in [0, 0.05) is 22.5 Å². The number of aryl methyl sites for hydroxylation is 1. The first-order valence-electron chi connectivity index (χ1n) is 8.73. The molecular formula is C23H27N. The van der Waals surface area contributed by atoms with E-state index < -0.39 is 0 Å². The van der Waals surface area contributed by atoms with E-state index >= 15 is 0 Å². The fraction of sp³-hybridized carbons (Fsp3) is 0.304. The Balaban J connectivity index is 1.96. The Bertz CT molecular complexity index is 711. The minimum Gasteiger partial charge on any atom is -0.359 e. The van der Waals surface area contributed by atoms with Gasteiger partial charge in [0.05, 0.1) is 0 Å². The van der Waals surface area contributed by atoms with Crippen LogP contribution in [0.15, 0.2) is 60.8 Å². The van der Waals surface area contributed by atoms with Gasteiger partial charge < -0.3 is 5.32 Å². The molecule has 0 fully saturated rings. The Morgan fingerprint density at radius 3 is 2.08 bits per heavy atom. The van der Waals surface area contributed by atoms with E-state index in [1.54, 1.807) is 0 Å². The molecule has 0 aliphatic carbocycles. The van der Waals surface area contributed by atoms with Crippen molar-refractivity contribution in [2.75, 3.05) is 5.32 Å². The van der Waals surface area contributed by atoms with E-state index in [9.17, 15) is 0 Å². The minimum absolute atomic E-state index is 0.492. The number of nitrogens with one attached hydrogen (secondary N) is 1. The number of hydrogen-bond acceptors (Lipinski definition) is 1. The molecule has 1 N–H and O–H groups in total. The highest BCUT2D eigenvalue weighted by molar-refractivity contribution is 5.52. The number of anilines is 1. The average Bonchev–Trinajstić information content (AvgIpc) is 2.60. The van der Waals surface area contributed by atoms with E-state index in [0.29, 0.717) is 5.92 Å². The van der Waals surface area contributed by atoms with Gasteiger partial charge in [0.15, 0.2) is 0 Å². The molecule has 0 aliphatic heterocycles. The van der Waals surface area contributed by atoms with Crippen LogP contribution in [0, 0.1) is 24.7 Å². The van der Waals surface area contributed by atoms with Crippen LogP contribution in [0.1, 0.15) is 49.8 Å². The van der Waals surface area contributed by atoms with Crippen molar-refractivity contribution in [1.82, 2.24) is 0 Å². The van der Waals surface area contributed by atoms with Crippen molar-refractivity contribution in [2.24, 2.45) is 5.92 Å². The maximum atomic E-state index is 4.17. The van der Waals surface area contributed by atoms with Crippen molar-refractivity contribution in [3.05, 3.63) is 77.5 Å². The highest BCUT2D eigenvalue weighted by Crippen LogP contribution is 2.19. The monoisotopic (exact) mass is 317 g/mol. The Morgan fingerprint density at radius 2 is 1.54 bits per heavy atom. The van der Waals surface area contributed by atoms with Crippen LogP contribution >= 0.6 is 0 Å². The van der Waals surface area contributed by atoms with Gasteiger partial charge in [-0.25, -0.2) is 0 Å². The maximum absolute atomic E-state index is 4.17. The number of rotatable bonds is 6. The van der Waals surface area contributed by atoms with Crippen LogP contribution in [0.2, 0.25) is 0 Å². The van der Waals surface area contributed by atoms with E-state index in [1.165, 1.54) is 24.8 Å². The lowest BCUT2D eigenvalue weighted by Gasteiger charge is -2.16. The van der Waals surface area contributed by atoms with E-state index in [0.717, 1.165) is 22.5 Å². The molecule has 24 heavy (non-hydrogen) atoms. The van der Waals surface area contributed by atoms with Crippen molar-refractivity contribution in [2.45, 2.75) is 40.0 Å². The Morgan fingerprint density at radius 1 is 1.00 bits per heavy atom. The van der Waals surface area contributed by atoms with Crippen LogP contribution in [0.25, 0.3) is 0 Å². The number of hydrogen-bond donors (Lipinski definition) is 1. The van der Waals surface area contributed by atoms with E-state index in [-0.39, 0.29) is 0 Å². The van der Waals surface area contributed by atoms with E-state index in [2.05, 4.69) is 80.9 Å². The zero-order valence-corrected chi connectivity index (χ0v) is 15.0. The first-order chi connectivity index (χ1) is 11.6. The first-order valence-corrected chi connectivity index (χ1v) is 8.73. The lowest BCUT2D eigenvalue weighted by atomic mass is 10.0. The van der Waals surface area contributed by atoms with Crippen LogP contribution in [0.4, 0.5) is 5.69 Å². The molecular weight excluding hydrogens is 290 g/mol. The molecule has 0 aromatic heterocycles. The molecule has 1 nitrogen and oxygen atoms in total. The summed E-state index contributed by atoms with van der Waals surface area (Å²) in [6.07, 6.45) is 3.66. The summed E-state index contributed by atoms with van der Waals surface area (Å²) in [6, 6.07) is 16.5. The zero-order chi connectivity index (χ0) is 17.4. The predicted molar refractivity (Wildman–Crippen MR) is 105 cm³/mol. The van der Waals surface area contributed by atoms with Crippen molar-refractivity contribution >= 4 is 5.69 Å². The summed E-state index contributed by atoms with van der Waals surface area (Å²) in [7, 11) is 0. The third-order valence-electron chi connectivity index (χ3n) is 4.18. The molecule has 0 aliphatic rings. The van der Waals surface area contributed by atoms with Gasteiger partial charge in [0.1, 0.15) is 0 Å². The van der Waals surface area contributed by atoms with E-state index in [1.807, 2.05) is 12.1 Å². The molecule has 0 saturated heterocycles. The number of allylic oxidation sites excluding steroid dienone is 1. The summed E-state index contributed by atoms with van der Waals surface area (Å²) in [4.78, 5) is 0. The largest absolute Gasteiger partial charge is 0.359 e. The molecule has 1 heteroatoms. The first kappa shape index (κ1) is 17.9. The molecule has 2 aromatic rings. The minimum atomic E-state index is 0.492. The molecule has 0 heterocycles. The Labute approximate surface area is 146 Å². The highest BCUT2D eigenvalue weighted by Gasteiger charge is 2.06. The topological polar surface area (TPSA) is 12.0 Å². The Kier molecular flexibility index (Phi) is 6.70. The summed E-state index contributed by atoms with van der Waals surface area (Å²) < 4.78 is 0. The van der Waals surface area contributed by atoms with Gasteiger partial charge >= 0.3 is 0 Å². The van der Waals surface area contributed by atoms with Gasteiger partial charge in [-0.05, 0) is 55.7 Å². The van der Waals surface area contributed by atoms with E-state index in [4.69, 9.17) is 0 Å². The fourth-order valence-corrected chi connectivity index (χ4v) is 2.41. The Hall–Kier alpha value is -2.46. The van der Waals surface area contributed by atoms with Crippen LogP contribution in [0.3, 0.4) is 0 Å². The van der Waals surface area contributed by atoms with Gasteiger partial charge in [-0.15, -0.1) is 0 Å². The predicted octanol–water partition coefficient (Wildman–Crippen LogP) is 6.15. The van der Waals surface area contributed by atoms with Crippen LogP contribution in [0.5, 0.6) is 0 Å². The van der Waals surface area contributed by atoms with Gasteiger partial charge in [0.25, 0.3) is 0 Å². The highest BCUT2D eigenvalue weighted by atomic mass is 14.9. The molecule has 0 bridgehead atoms. The molecule has 124 valence electrons. The molecule has 0 spiro atoms. The van der Waals surface area contributed by atoms with Crippen molar-refractivity contribution < 1.29 is 0 Å². The van der Waals surface area contributed by atoms with Crippen molar-refractivity contribution in [3.8, 4) is 11.8 Å². The molecule has 0 saturated carbocycles. The summed E-state index contributed by atoms with van der Waals surface area (Å²) >= 11 is 0. The molecule has 1 unspecified atom stereocenters. The number of benzene rings is 2. The second-order valence-corrected chi connectivity index (χ2v) is 6.39. The maximum Gasteiger partial charge on any atom is 0.0382 e. The smallest absolute Gasteiger partial charge is 0.0382 e. The summed E-state index contributed by atoms with van der Waals surface area (Å²) in [5, 5.41) is 3.42. The molecule has 2 aromatic carbocycles. The van der Waals surface area contributed by atoms with Gasteiger partial charge in [-0.3, -0.25) is 0 Å². The van der Waals surface area contributed by atoms with Crippen molar-refractivity contribution in [3.63, 3.8) is 0 Å². The van der Waals surface area contributed by atoms with Crippen LogP contribution < -0.4 is 5.32 Å². The third kappa shape index (κ3) is 5.63. The van der Waals surface area contributed by atoms with Crippen molar-refractivity contribution in [1.29, 1.82) is 0 Å². The SMILES string of the molecule is C=C(Nc1ccc(C#Cc2ccc(C)cc2)cc1)C(C)CCCC. The zero-order valence-electron chi connectivity index (χ0n) is 15.0. The summed E-state index contributed by atoms with van der Waals surface area (Å²) in [5.41, 5.74) is 5.47. The molecule has 2 rings (SSSR count). The van der Waals surface area contributed by atoms with Gasteiger partial charge in [0.2, 0.25) is 0 Å². The quantitative estimate of drug-likeness (QED) is 0.630. The molecule has 0 radical (unpaired) electrons.